The van der Waals surface area contributed by atoms with Crippen molar-refractivity contribution in [3.8, 4) is 0 Å². The molecule has 15 heavy (non-hydrogen) atoms. The summed E-state index contributed by atoms with van der Waals surface area (Å²) in [4.78, 5) is 7.65. The van der Waals surface area contributed by atoms with Crippen LogP contribution in [0.2, 0.25) is 0 Å². The van der Waals surface area contributed by atoms with Gasteiger partial charge in [0.1, 0.15) is 10.5 Å². The fourth-order valence-corrected chi connectivity index (χ4v) is 1.91. The number of hydrogen-bond acceptors (Lipinski definition) is 2. The summed E-state index contributed by atoms with van der Waals surface area (Å²) >= 11 is 5.28. The lowest BCUT2D eigenvalue weighted by molar-refractivity contribution is 0.954. The van der Waals surface area contributed by atoms with Crippen molar-refractivity contribution in [3.63, 3.8) is 0 Å². The molecule has 2 aromatic rings. The predicted octanol–water partition coefficient (Wildman–Crippen LogP) is 3.42. The van der Waals surface area contributed by atoms with Gasteiger partial charge in [-0.1, -0.05) is 32.1 Å². The second-order valence-electron chi connectivity index (χ2n) is 3.58. The molecular formula is C12H14N2S. The highest BCUT2D eigenvalue weighted by Crippen LogP contribution is 2.15. The van der Waals surface area contributed by atoms with E-state index in [1.165, 1.54) is 5.56 Å². The maximum atomic E-state index is 5.28. The number of nitrogens with zero attached hydrogens (tertiary/aromatic N) is 1. The van der Waals surface area contributed by atoms with E-state index >= 15 is 0 Å². The molecule has 0 atom stereocenters. The highest BCUT2D eigenvalue weighted by atomic mass is 32.1. The minimum absolute atomic E-state index is 0.705. The van der Waals surface area contributed by atoms with Crippen LogP contribution in [0.15, 0.2) is 18.2 Å². The van der Waals surface area contributed by atoms with Gasteiger partial charge in [-0.15, -0.1) is 0 Å². The normalized spacial score (nSPS) is 10.8. The van der Waals surface area contributed by atoms with E-state index in [1.807, 2.05) is 0 Å². The SMILES string of the molecule is CCc1ccc2[nH]c(CC)nc(=S)c2c1. The Morgan fingerprint density at radius 2 is 2.07 bits per heavy atom. The Balaban J connectivity index is 2.74. The molecular weight excluding hydrogens is 204 g/mol. The zero-order valence-corrected chi connectivity index (χ0v) is 9.82. The Bertz CT molecular complexity index is 543. The van der Waals surface area contributed by atoms with Crippen LogP contribution in [0.25, 0.3) is 10.9 Å². The molecule has 0 unspecified atom stereocenters. The minimum Gasteiger partial charge on any atom is -0.343 e. The first-order valence-electron chi connectivity index (χ1n) is 5.26. The molecule has 0 aliphatic heterocycles. The molecule has 2 rings (SSSR count). The van der Waals surface area contributed by atoms with Gasteiger partial charge in [0.15, 0.2) is 0 Å². The van der Waals surface area contributed by atoms with E-state index in [-0.39, 0.29) is 0 Å². The molecule has 78 valence electrons. The largest absolute Gasteiger partial charge is 0.343 e. The molecule has 3 heteroatoms. The second-order valence-corrected chi connectivity index (χ2v) is 3.96. The van der Waals surface area contributed by atoms with Crippen LogP contribution in [0.4, 0.5) is 0 Å². The third kappa shape index (κ3) is 1.92. The van der Waals surface area contributed by atoms with Crippen molar-refractivity contribution < 1.29 is 0 Å². The van der Waals surface area contributed by atoms with E-state index in [1.54, 1.807) is 0 Å². The van der Waals surface area contributed by atoms with E-state index in [0.29, 0.717) is 4.64 Å². The van der Waals surface area contributed by atoms with Gasteiger partial charge in [-0.2, -0.15) is 0 Å². The molecule has 0 radical (unpaired) electrons. The van der Waals surface area contributed by atoms with Crippen molar-refractivity contribution >= 4 is 23.1 Å². The molecule has 0 saturated heterocycles. The van der Waals surface area contributed by atoms with Crippen molar-refractivity contribution in [2.45, 2.75) is 26.7 Å². The summed E-state index contributed by atoms with van der Waals surface area (Å²) in [5.41, 5.74) is 2.39. The number of aromatic amines is 1. The van der Waals surface area contributed by atoms with Gasteiger partial charge in [0.05, 0.1) is 0 Å². The molecule has 1 N–H and O–H groups in total. The van der Waals surface area contributed by atoms with Crippen LogP contribution in [0.1, 0.15) is 25.2 Å². The highest BCUT2D eigenvalue weighted by Gasteiger charge is 2.00. The van der Waals surface area contributed by atoms with Crippen molar-refractivity contribution in [2.24, 2.45) is 0 Å². The first-order chi connectivity index (χ1) is 7.24. The molecule has 0 aliphatic rings. The lowest BCUT2D eigenvalue weighted by Crippen LogP contribution is -1.94. The maximum Gasteiger partial charge on any atom is 0.137 e. The topological polar surface area (TPSA) is 28.7 Å². The Kier molecular flexibility index (Phi) is 2.82. The Morgan fingerprint density at radius 3 is 2.73 bits per heavy atom. The smallest absolute Gasteiger partial charge is 0.137 e. The average Bonchev–Trinajstić information content (AvgIpc) is 2.28. The zero-order chi connectivity index (χ0) is 10.8. The molecule has 0 amide bonds. The number of nitrogens with one attached hydrogen (secondary N) is 1. The van der Waals surface area contributed by atoms with E-state index in [2.05, 4.69) is 42.0 Å². The summed E-state index contributed by atoms with van der Waals surface area (Å²) < 4.78 is 0.705. The fraction of sp³-hybridized carbons (Fsp3) is 0.333. The van der Waals surface area contributed by atoms with Crippen LogP contribution in [0.3, 0.4) is 0 Å². The molecule has 1 heterocycles. The van der Waals surface area contributed by atoms with Crippen LogP contribution in [0.5, 0.6) is 0 Å². The van der Waals surface area contributed by atoms with Gasteiger partial charge in [0.2, 0.25) is 0 Å². The molecule has 1 aromatic heterocycles. The van der Waals surface area contributed by atoms with E-state index in [0.717, 1.165) is 29.6 Å². The molecule has 1 aromatic carbocycles. The number of hydrogen-bond donors (Lipinski definition) is 1. The second kappa shape index (κ2) is 4.11. The third-order valence-electron chi connectivity index (χ3n) is 2.57. The fourth-order valence-electron chi connectivity index (χ4n) is 1.63. The van der Waals surface area contributed by atoms with Gasteiger partial charge < -0.3 is 4.98 Å². The monoisotopic (exact) mass is 218 g/mol. The van der Waals surface area contributed by atoms with Gasteiger partial charge >= 0.3 is 0 Å². The third-order valence-corrected chi connectivity index (χ3v) is 2.88. The number of aromatic nitrogens is 2. The first kappa shape index (κ1) is 10.3. The summed E-state index contributed by atoms with van der Waals surface area (Å²) in [6.45, 7) is 4.21. The van der Waals surface area contributed by atoms with Crippen molar-refractivity contribution in [1.29, 1.82) is 0 Å². The number of rotatable bonds is 2. The lowest BCUT2D eigenvalue weighted by atomic mass is 10.1. The standard InChI is InChI=1S/C12H14N2S/c1-3-8-5-6-10-9(7-8)12(15)14-11(4-2)13-10/h5-7H,3-4H2,1-2H3,(H,13,14,15). The number of H-pyrrole nitrogens is 1. The highest BCUT2D eigenvalue weighted by molar-refractivity contribution is 7.71. The van der Waals surface area contributed by atoms with E-state index < -0.39 is 0 Å². The van der Waals surface area contributed by atoms with Gasteiger partial charge in [-0.25, -0.2) is 4.98 Å². The maximum absolute atomic E-state index is 5.28. The van der Waals surface area contributed by atoms with Gasteiger partial charge in [0.25, 0.3) is 0 Å². The van der Waals surface area contributed by atoms with E-state index in [4.69, 9.17) is 12.2 Å². The molecule has 0 aliphatic carbocycles. The summed E-state index contributed by atoms with van der Waals surface area (Å²) in [5.74, 6) is 0.955. The first-order valence-corrected chi connectivity index (χ1v) is 5.67. The lowest BCUT2D eigenvalue weighted by Gasteiger charge is -2.04. The molecule has 2 nitrogen and oxygen atoms in total. The Morgan fingerprint density at radius 1 is 1.27 bits per heavy atom. The average molecular weight is 218 g/mol. The Labute approximate surface area is 94.4 Å². The molecule has 0 fully saturated rings. The van der Waals surface area contributed by atoms with Crippen LogP contribution >= 0.6 is 12.2 Å². The zero-order valence-electron chi connectivity index (χ0n) is 9.00. The van der Waals surface area contributed by atoms with Crippen molar-refractivity contribution in [2.75, 3.05) is 0 Å². The van der Waals surface area contributed by atoms with Crippen LogP contribution in [-0.2, 0) is 12.8 Å². The van der Waals surface area contributed by atoms with Crippen LogP contribution < -0.4 is 0 Å². The van der Waals surface area contributed by atoms with Gasteiger partial charge in [0, 0.05) is 17.3 Å². The molecule has 0 spiro atoms. The van der Waals surface area contributed by atoms with E-state index in [9.17, 15) is 0 Å². The van der Waals surface area contributed by atoms with Crippen LogP contribution in [-0.4, -0.2) is 9.97 Å². The molecule has 0 bridgehead atoms. The van der Waals surface area contributed by atoms with Crippen LogP contribution in [0, 0.1) is 4.64 Å². The summed E-state index contributed by atoms with van der Waals surface area (Å²) in [7, 11) is 0. The number of aryl methyl sites for hydroxylation is 2. The number of benzene rings is 1. The predicted molar refractivity (Wildman–Crippen MR) is 65.7 cm³/mol. The quantitative estimate of drug-likeness (QED) is 0.782. The number of fused-ring (bicyclic) bond motifs is 1. The van der Waals surface area contributed by atoms with Gasteiger partial charge in [-0.3, -0.25) is 0 Å². The van der Waals surface area contributed by atoms with Crippen molar-refractivity contribution in [1.82, 2.24) is 9.97 Å². The summed E-state index contributed by atoms with van der Waals surface area (Å²) in [5, 5.41) is 1.06. The Hall–Kier alpha value is -1.22. The van der Waals surface area contributed by atoms with Crippen molar-refractivity contribution in [3.05, 3.63) is 34.2 Å². The minimum atomic E-state index is 0.705. The van der Waals surface area contributed by atoms with Gasteiger partial charge in [-0.05, 0) is 24.1 Å². The molecule has 0 saturated carbocycles. The summed E-state index contributed by atoms with van der Waals surface area (Å²) in [6.07, 6.45) is 1.91. The summed E-state index contributed by atoms with van der Waals surface area (Å²) in [6, 6.07) is 6.35.